The van der Waals surface area contributed by atoms with Gasteiger partial charge in [0.15, 0.2) is 0 Å². The van der Waals surface area contributed by atoms with E-state index in [0.717, 1.165) is 29.9 Å². The van der Waals surface area contributed by atoms with Crippen LogP contribution in [0.15, 0.2) is 71.7 Å². The number of alkyl carbamates (subject to hydrolysis) is 1. The summed E-state index contributed by atoms with van der Waals surface area (Å²) in [5, 5.41) is 7.52. The molecule has 2 aromatic heterocycles. The number of pyridine rings is 1. The highest BCUT2D eigenvalue weighted by Crippen LogP contribution is 2.33. The second kappa shape index (κ2) is 16.8. The van der Waals surface area contributed by atoms with Gasteiger partial charge in [0.1, 0.15) is 52.7 Å². The molecule has 0 aliphatic rings. The lowest BCUT2D eigenvalue weighted by Crippen LogP contribution is -2.44. The largest absolute Gasteiger partial charge is 0.486 e. The predicted molar refractivity (Wildman–Crippen MR) is 184 cm³/mol. The van der Waals surface area contributed by atoms with Crippen molar-refractivity contribution in [2.45, 2.75) is 58.4 Å². The SMILES string of the molecule is CNC(=O)/C=C/CC[C@H](NC(=O)OC)C(=O)Nc1cccn(Cc2cc3cc(F)cc(OCc4ccc(F)cc4F)c3n2C(=O)OC(C)(C)C)c1=O. The van der Waals surface area contributed by atoms with Gasteiger partial charge < -0.3 is 34.7 Å². The normalized spacial score (nSPS) is 12.0. The smallest absolute Gasteiger partial charge is 0.419 e. The Morgan fingerprint density at radius 2 is 1.75 bits per heavy atom. The number of methoxy groups -OCH3 is 1. The lowest BCUT2D eigenvalue weighted by molar-refractivity contribution is -0.118. The van der Waals surface area contributed by atoms with Crippen LogP contribution in [0.4, 0.5) is 28.4 Å². The summed E-state index contributed by atoms with van der Waals surface area (Å²) in [5.74, 6) is -3.67. The Hall–Kier alpha value is -6.06. The molecule has 0 saturated heterocycles. The molecule has 1 atom stereocenters. The number of allylic oxidation sites excluding steroid dienone is 1. The summed E-state index contributed by atoms with van der Waals surface area (Å²) in [7, 11) is 2.58. The number of rotatable bonds is 12. The van der Waals surface area contributed by atoms with Crippen molar-refractivity contribution in [3.05, 3.63) is 106 Å². The summed E-state index contributed by atoms with van der Waals surface area (Å²) >= 11 is 0. The van der Waals surface area contributed by atoms with Gasteiger partial charge in [-0.2, -0.15) is 0 Å². The molecule has 0 fully saturated rings. The molecule has 3 amide bonds. The molecule has 0 unspecified atom stereocenters. The third-order valence-corrected chi connectivity index (χ3v) is 7.42. The maximum Gasteiger partial charge on any atom is 0.419 e. The van der Waals surface area contributed by atoms with Crippen LogP contribution in [-0.4, -0.2) is 58.9 Å². The molecule has 2 aromatic carbocycles. The van der Waals surface area contributed by atoms with Gasteiger partial charge in [0, 0.05) is 36.3 Å². The first kappa shape index (κ1) is 38.7. The van der Waals surface area contributed by atoms with Crippen LogP contribution in [0.25, 0.3) is 10.9 Å². The second-order valence-corrected chi connectivity index (χ2v) is 12.4. The van der Waals surface area contributed by atoms with E-state index in [1.807, 2.05) is 0 Å². The molecule has 0 saturated carbocycles. The van der Waals surface area contributed by atoms with E-state index in [4.69, 9.17) is 9.47 Å². The van der Waals surface area contributed by atoms with E-state index >= 15 is 0 Å². The van der Waals surface area contributed by atoms with E-state index < -0.39 is 59.4 Å². The first-order valence-corrected chi connectivity index (χ1v) is 16.0. The number of anilines is 1. The van der Waals surface area contributed by atoms with Crippen LogP contribution in [0, 0.1) is 17.5 Å². The molecule has 2 heterocycles. The summed E-state index contributed by atoms with van der Waals surface area (Å²) in [4.78, 5) is 64.0. The lowest BCUT2D eigenvalue weighted by Gasteiger charge is -2.22. The minimum absolute atomic E-state index is 0.0239. The molecule has 276 valence electrons. The van der Waals surface area contributed by atoms with Gasteiger partial charge in [0.25, 0.3) is 5.56 Å². The zero-order valence-corrected chi connectivity index (χ0v) is 29.1. The predicted octanol–water partition coefficient (Wildman–Crippen LogP) is 5.38. The number of hydrogen-bond acceptors (Lipinski definition) is 8. The number of carbonyl (C=O) groups is 4. The van der Waals surface area contributed by atoms with Crippen molar-refractivity contribution in [3.8, 4) is 5.75 Å². The summed E-state index contributed by atoms with van der Waals surface area (Å²) in [5.41, 5.74) is -1.63. The van der Waals surface area contributed by atoms with E-state index in [1.165, 1.54) is 54.2 Å². The Kier molecular flexibility index (Phi) is 12.5. The standard InChI is InChI=1S/C36H38F3N5O8/c1-36(2,3)52-35(49)44-25(16-22-15-24(38)18-29(31(22)44)51-20-21-12-13-23(37)17-26(21)39)19-43-14-8-10-28(33(43)47)41-32(46)27(42-34(48)50-5)9-6-7-11-30(45)40-4/h7-8,10-18,27H,6,9,19-20H2,1-5H3,(H,40,45)(H,41,46)(H,42,48)/b11-7+/t27-/m0/s1. The first-order valence-electron chi connectivity index (χ1n) is 16.0. The number of nitrogens with one attached hydrogen (secondary N) is 3. The van der Waals surface area contributed by atoms with E-state index in [2.05, 4.69) is 20.7 Å². The van der Waals surface area contributed by atoms with E-state index in [9.17, 15) is 37.1 Å². The van der Waals surface area contributed by atoms with Crippen LogP contribution in [0.2, 0.25) is 0 Å². The van der Waals surface area contributed by atoms with Crippen molar-refractivity contribution in [2.75, 3.05) is 19.5 Å². The van der Waals surface area contributed by atoms with Gasteiger partial charge in [-0.3, -0.25) is 14.4 Å². The first-order chi connectivity index (χ1) is 24.6. The average Bonchev–Trinajstić information content (AvgIpc) is 3.44. The van der Waals surface area contributed by atoms with Gasteiger partial charge in [0.05, 0.1) is 19.3 Å². The molecule has 0 aliphatic carbocycles. The maximum atomic E-state index is 14.9. The monoisotopic (exact) mass is 725 g/mol. The molecule has 4 rings (SSSR count). The summed E-state index contributed by atoms with van der Waals surface area (Å²) in [6.45, 7) is 4.21. The van der Waals surface area contributed by atoms with Crippen molar-refractivity contribution < 1.29 is 46.6 Å². The van der Waals surface area contributed by atoms with Gasteiger partial charge in [-0.15, -0.1) is 0 Å². The molecule has 0 aliphatic heterocycles. The Morgan fingerprint density at radius 1 is 1.00 bits per heavy atom. The van der Waals surface area contributed by atoms with Crippen molar-refractivity contribution in [2.24, 2.45) is 0 Å². The van der Waals surface area contributed by atoms with Crippen LogP contribution in [-0.2, 0) is 32.2 Å². The average molecular weight is 726 g/mol. The van der Waals surface area contributed by atoms with Gasteiger partial charge in [-0.25, -0.2) is 27.3 Å². The molecule has 0 spiro atoms. The molecular weight excluding hydrogens is 687 g/mol. The van der Waals surface area contributed by atoms with Gasteiger partial charge in [0.2, 0.25) is 11.8 Å². The molecule has 16 heteroatoms. The van der Waals surface area contributed by atoms with Gasteiger partial charge >= 0.3 is 12.2 Å². The topological polar surface area (TPSA) is 159 Å². The van der Waals surface area contributed by atoms with Crippen LogP contribution in [0.3, 0.4) is 0 Å². The van der Waals surface area contributed by atoms with Crippen LogP contribution < -0.4 is 26.2 Å². The third kappa shape index (κ3) is 10.0. The third-order valence-electron chi connectivity index (χ3n) is 7.42. The van der Waals surface area contributed by atoms with Crippen LogP contribution in [0.5, 0.6) is 5.75 Å². The highest BCUT2D eigenvalue weighted by atomic mass is 19.1. The Labute approximate surface area is 296 Å². The number of hydrogen-bond donors (Lipinski definition) is 3. The molecule has 4 aromatic rings. The van der Waals surface area contributed by atoms with E-state index in [1.54, 1.807) is 20.8 Å². The second-order valence-electron chi connectivity index (χ2n) is 12.4. The number of amides is 3. The van der Waals surface area contributed by atoms with Crippen molar-refractivity contribution in [1.82, 2.24) is 19.8 Å². The number of halogens is 3. The quantitative estimate of drug-likeness (QED) is 0.164. The fourth-order valence-corrected chi connectivity index (χ4v) is 5.03. The minimum atomic E-state index is -1.15. The molecule has 52 heavy (non-hydrogen) atoms. The minimum Gasteiger partial charge on any atom is -0.486 e. The highest BCUT2D eigenvalue weighted by molar-refractivity contribution is 5.97. The number of ether oxygens (including phenoxy) is 3. The molecule has 0 bridgehead atoms. The fourth-order valence-electron chi connectivity index (χ4n) is 5.03. The molecular formula is C36H38F3N5O8. The Morgan fingerprint density at radius 3 is 2.42 bits per heavy atom. The lowest BCUT2D eigenvalue weighted by atomic mass is 10.1. The van der Waals surface area contributed by atoms with Gasteiger partial charge in [-0.1, -0.05) is 6.08 Å². The Bertz CT molecular complexity index is 2070. The fraction of sp³-hybridized carbons (Fsp3) is 0.306. The van der Waals surface area contributed by atoms with E-state index in [-0.39, 0.29) is 58.9 Å². The zero-order chi connectivity index (χ0) is 38.2. The molecule has 13 nitrogen and oxygen atoms in total. The number of nitrogens with zero attached hydrogens (tertiary/aromatic N) is 2. The van der Waals surface area contributed by atoms with Crippen molar-refractivity contribution in [3.63, 3.8) is 0 Å². The van der Waals surface area contributed by atoms with E-state index in [0.29, 0.717) is 6.07 Å². The summed E-state index contributed by atoms with van der Waals surface area (Å²) in [6.07, 6.45) is 2.68. The van der Waals surface area contributed by atoms with Crippen molar-refractivity contribution in [1.29, 1.82) is 0 Å². The number of fused-ring (bicyclic) bond motifs is 1. The molecule has 0 radical (unpaired) electrons. The number of aromatic nitrogens is 2. The highest BCUT2D eigenvalue weighted by Gasteiger charge is 2.26. The van der Waals surface area contributed by atoms with Crippen LogP contribution >= 0.6 is 0 Å². The number of carbonyl (C=O) groups excluding carboxylic acids is 4. The number of benzene rings is 2. The Balaban J connectivity index is 1.69. The van der Waals surface area contributed by atoms with Crippen LogP contribution in [0.1, 0.15) is 44.9 Å². The van der Waals surface area contributed by atoms with Gasteiger partial charge in [-0.05, 0) is 76.1 Å². The molecule has 3 N–H and O–H groups in total. The summed E-state index contributed by atoms with van der Waals surface area (Å²) < 4.78 is 61.1. The number of likely N-dealkylation sites (N-methyl/N-ethyl adjacent to an activating group) is 1. The maximum absolute atomic E-state index is 14.9. The summed E-state index contributed by atoms with van der Waals surface area (Å²) in [6, 6.07) is 8.16. The zero-order valence-electron chi connectivity index (χ0n) is 29.1. The van der Waals surface area contributed by atoms with Crippen molar-refractivity contribution >= 4 is 40.6 Å².